The number of carboxylic acids is 2. The summed E-state index contributed by atoms with van der Waals surface area (Å²) in [6.45, 7) is 4.15. The van der Waals surface area contributed by atoms with Gasteiger partial charge in [0.25, 0.3) is 0 Å². The topological polar surface area (TPSA) is 170 Å². The molecule has 0 aliphatic carbocycles. The Hall–Kier alpha value is -2.76. The molecule has 11 nitrogen and oxygen atoms in total. The molecule has 2 rings (SSSR count). The van der Waals surface area contributed by atoms with Crippen LogP contribution in [0.5, 0.6) is 0 Å². The third-order valence-corrected chi connectivity index (χ3v) is 3.89. The summed E-state index contributed by atoms with van der Waals surface area (Å²) in [6.07, 6.45) is 13.5. The van der Waals surface area contributed by atoms with Crippen molar-refractivity contribution in [3.05, 3.63) is 37.4 Å². The van der Waals surface area contributed by atoms with Crippen molar-refractivity contribution in [2.45, 2.75) is 51.5 Å². The second-order valence-electron chi connectivity index (χ2n) is 6.55. The van der Waals surface area contributed by atoms with Crippen LogP contribution in [0.25, 0.3) is 0 Å². The molecule has 11 heteroatoms. The van der Waals surface area contributed by atoms with Crippen LogP contribution in [0.2, 0.25) is 0 Å². The van der Waals surface area contributed by atoms with Crippen LogP contribution in [-0.4, -0.2) is 37.3 Å². The molecule has 0 radical (unpaired) electrons. The first-order valence-corrected chi connectivity index (χ1v) is 9.28. The molecule has 2 unspecified atom stereocenters. The number of carbonyl (C=O) groups is 2. The van der Waals surface area contributed by atoms with Crippen molar-refractivity contribution in [1.82, 2.24) is 9.13 Å². The van der Waals surface area contributed by atoms with Gasteiger partial charge < -0.3 is 15.9 Å². The molecule has 0 saturated heterocycles. The molecule has 29 heavy (non-hydrogen) atoms. The highest BCUT2D eigenvalue weighted by molar-refractivity contribution is 5.80. The molecule has 0 fully saturated rings. The van der Waals surface area contributed by atoms with Crippen LogP contribution in [0.3, 0.4) is 0 Å². The number of hydrogen-bond acceptors (Lipinski definition) is 5. The number of nitrogens with zero attached hydrogens (tertiary/aromatic N) is 4. The second-order valence-corrected chi connectivity index (χ2v) is 6.55. The normalized spacial score (nSPS) is 13.2. The molecule has 3 atom stereocenters. The zero-order chi connectivity index (χ0) is 22.6. The summed E-state index contributed by atoms with van der Waals surface area (Å²) >= 11 is 0. The molecule has 0 amide bonds. The number of aromatic nitrogens is 4. The molecule has 0 aliphatic heterocycles. The van der Waals surface area contributed by atoms with Crippen LogP contribution >= 0.6 is 0 Å². The van der Waals surface area contributed by atoms with Crippen molar-refractivity contribution in [1.29, 1.82) is 0 Å². The van der Waals surface area contributed by atoms with Crippen molar-refractivity contribution in [3.8, 4) is 0 Å². The van der Waals surface area contributed by atoms with Crippen molar-refractivity contribution in [2.75, 3.05) is 0 Å². The maximum absolute atomic E-state index is 9.85. The van der Waals surface area contributed by atoms with Gasteiger partial charge in [0.15, 0.2) is 0 Å². The van der Waals surface area contributed by atoms with Gasteiger partial charge in [-0.05, 0) is 12.8 Å². The molecule has 0 aliphatic rings. The van der Waals surface area contributed by atoms with E-state index in [1.54, 1.807) is 0 Å². The third kappa shape index (κ3) is 11.0. The van der Waals surface area contributed by atoms with Crippen LogP contribution in [0.1, 0.15) is 45.4 Å². The van der Waals surface area contributed by atoms with E-state index in [0.29, 0.717) is 0 Å². The van der Waals surface area contributed by atoms with Gasteiger partial charge in [-0.3, -0.25) is 21.1 Å². The average Bonchev–Trinajstić information content (AvgIpc) is 3.29. The molecular formula is C18H35N7O4+2. The summed E-state index contributed by atoms with van der Waals surface area (Å²) in [5.41, 5.74) is 16.4. The van der Waals surface area contributed by atoms with Gasteiger partial charge in [-0.1, -0.05) is 13.8 Å². The minimum absolute atomic E-state index is 0.126. The van der Waals surface area contributed by atoms with E-state index < -0.39 is 24.4 Å². The smallest absolute Gasteiger partial charge is 0.321 e. The SMILES string of the molecule is CCC(N)[n+]1ccn(C)c1.CCC(N)[n+]1ccn(C)c1.N[C@@H](CC(=O)O)C(=O)O. The van der Waals surface area contributed by atoms with Crippen molar-refractivity contribution in [3.63, 3.8) is 0 Å². The Kier molecular flexibility index (Phi) is 12.1. The van der Waals surface area contributed by atoms with E-state index in [9.17, 15) is 9.59 Å². The minimum Gasteiger partial charge on any atom is -0.481 e. The molecule has 0 saturated carbocycles. The first-order chi connectivity index (χ1) is 13.5. The summed E-state index contributed by atoms with van der Waals surface area (Å²) < 4.78 is 7.96. The minimum atomic E-state index is -1.29. The van der Waals surface area contributed by atoms with E-state index in [1.165, 1.54) is 0 Å². The summed E-state index contributed by atoms with van der Waals surface area (Å²) in [7, 11) is 3.97. The summed E-state index contributed by atoms with van der Waals surface area (Å²) in [6, 6.07) is -1.29. The standard InChI is InChI=1S/2C7H14N3.C4H7NO4/c2*1-3-7(8)10-5-4-9(2)6-10;5-2(4(8)9)1-3(6)7/h2*4-7H,3,8H2,1-2H3;2H,1,5H2,(H,6,7)(H,8,9)/q2*+1;/t;;2-/m..0/s1. The first kappa shape index (κ1) is 26.2. The van der Waals surface area contributed by atoms with E-state index in [4.69, 9.17) is 27.4 Å². The fraction of sp³-hybridized carbons (Fsp3) is 0.556. The van der Waals surface area contributed by atoms with Crippen LogP contribution in [0.15, 0.2) is 37.4 Å². The van der Waals surface area contributed by atoms with Crippen LogP contribution in [0, 0.1) is 0 Å². The average molecular weight is 414 g/mol. The zero-order valence-electron chi connectivity index (χ0n) is 17.5. The number of rotatable bonds is 7. The Balaban J connectivity index is 0.000000407. The van der Waals surface area contributed by atoms with Gasteiger partial charge in [0.2, 0.25) is 12.7 Å². The molecule has 0 spiro atoms. The summed E-state index contributed by atoms with van der Waals surface area (Å²) in [4.78, 5) is 19.6. The Morgan fingerprint density at radius 2 is 1.28 bits per heavy atom. The van der Waals surface area contributed by atoms with Crippen LogP contribution in [-0.2, 0) is 23.7 Å². The lowest BCUT2D eigenvalue weighted by molar-refractivity contribution is -0.722. The number of imidazole rings is 2. The Morgan fingerprint density at radius 3 is 1.45 bits per heavy atom. The zero-order valence-corrected chi connectivity index (χ0v) is 17.5. The fourth-order valence-corrected chi connectivity index (χ4v) is 2.03. The maximum Gasteiger partial charge on any atom is 0.321 e. The van der Waals surface area contributed by atoms with Gasteiger partial charge in [0.05, 0.1) is 20.5 Å². The largest absolute Gasteiger partial charge is 0.481 e. The lowest BCUT2D eigenvalue weighted by atomic mass is 10.2. The highest BCUT2D eigenvalue weighted by Gasteiger charge is 2.14. The molecular weight excluding hydrogens is 378 g/mol. The van der Waals surface area contributed by atoms with Gasteiger partial charge in [-0.2, -0.15) is 0 Å². The molecule has 8 N–H and O–H groups in total. The number of nitrogens with two attached hydrogens (primary N) is 3. The predicted molar refractivity (Wildman–Crippen MR) is 106 cm³/mol. The van der Waals surface area contributed by atoms with Crippen molar-refractivity contribution < 1.29 is 28.9 Å². The molecule has 164 valence electrons. The third-order valence-electron chi connectivity index (χ3n) is 3.89. The van der Waals surface area contributed by atoms with Crippen molar-refractivity contribution in [2.24, 2.45) is 31.3 Å². The van der Waals surface area contributed by atoms with E-state index in [0.717, 1.165) is 12.8 Å². The summed E-state index contributed by atoms with van der Waals surface area (Å²) in [5, 5.41) is 16.0. The van der Waals surface area contributed by atoms with Gasteiger partial charge >= 0.3 is 11.9 Å². The molecule has 0 bridgehead atoms. The van der Waals surface area contributed by atoms with Gasteiger partial charge in [-0.15, -0.1) is 0 Å². The number of aliphatic carboxylic acids is 2. The van der Waals surface area contributed by atoms with Gasteiger partial charge in [0, 0.05) is 0 Å². The first-order valence-electron chi connectivity index (χ1n) is 9.28. The monoisotopic (exact) mass is 413 g/mol. The van der Waals surface area contributed by atoms with E-state index in [-0.39, 0.29) is 12.3 Å². The number of carboxylic acid groups (broad SMARTS) is 2. The lowest BCUT2D eigenvalue weighted by Crippen LogP contribution is -2.42. The highest BCUT2D eigenvalue weighted by atomic mass is 16.4. The van der Waals surface area contributed by atoms with Gasteiger partial charge in [-0.25, -0.2) is 18.3 Å². The Morgan fingerprint density at radius 1 is 0.897 bits per heavy atom. The highest BCUT2D eigenvalue weighted by Crippen LogP contribution is 1.91. The Labute approximate surface area is 171 Å². The fourth-order valence-electron chi connectivity index (χ4n) is 2.03. The van der Waals surface area contributed by atoms with Crippen LogP contribution < -0.4 is 26.3 Å². The number of aryl methyl sites for hydroxylation is 2. The predicted octanol–water partition coefficient (Wildman–Crippen LogP) is -0.767. The van der Waals surface area contributed by atoms with Crippen molar-refractivity contribution >= 4 is 11.9 Å². The summed E-state index contributed by atoms with van der Waals surface area (Å²) in [5.74, 6) is -2.50. The second kappa shape index (κ2) is 13.4. The maximum atomic E-state index is 9.85. The van der Waals surface area contributed by atoms with Crippen LogP contribution in [0.4, 0.5) is 0 Å². The molecule has 0 aromatic carbocycles. The van der Waals surface area contributed by atoms with E-state index >= 15 is 0 Å². The van der Waals surface area contributed by atoms with Gasteiger partial charge in [0.1, 0.15) is 43.2 Å². The Bertz CT molecular complexity index is 698. The number of hydrogen-bond donors (Lipinski definition) is 5. The molecule has 2 aromatic heterocycles. The molecule has 2 aromatic rings. The lowest BCUT2D eigenvalue weighted by Gasteiger charge is -2.01. The van der Waals surface area contributed by atoms with E-state index in [2.05, 4.69) is 13.8 Å². The molecule has 2 heterocycles. The quantitative estimate of drug-likeness (QED) is 0.371. The van der Waals surface area contributed by atoms with E-state index in [1.807, 2.05) is 69.8 Å².